The summed E-state index contributed by atoms with van der Waals surface area (Å²) in [7, 11) is 3.27. The second-order valence-corrected chi connectivity index (χ2v) is 4.16. The Morgan fingerprint density at radius 3 is 2.81 bits per heavy atom. The number of hydrogen-bond donors (Lipinski definition) is 0. The molecule has 0 saturated carbocycles. The molecule has 0 amide bonds. The topological polar surface area (TPSA) is 29.5 Å². The van der Waals surface area contributed by atoms with Gasteiger partial charge in [0.05, 0.1) is 13.7 Å². The molecule has 0 aromatic heterocycles. The highest BCUT2D eigenvalue weighted by Gasteiger charge is 2.14. The van der Waals surface area contributed by atoms with Crippen LogP contribution in [0.4, 0.5) is 0 Å². The molecule has 1 atom stereocenters. The van der Waals surface area contributed by atoms with Gasteiger partial charge in [-0.1, -0.05) is 23.7 Å². The summed E-state index contributed by atoms with van der Waals surface area (Å²) in [6.45, 7) is 2.29. The van der Waals surface area contributed by atoms with Crippen LogP contribution in [0.3, 0.4) is 0 Å². The molecule has 1 unspecified atom stereocenters. The first-order valence-corrected chi connectivity index (χ1v) is 5.45. The Morgan fingerprint density at radius 1 is 1.56 bits per heavy atom. The minimum Gasteiger partial charge on any atom is -0.468 e. The van der Waals surface area contributed by atoms with Gasteiger partial charge in [-0.2, -0.15) is 0 Å². The van der Waals surface area contributed by atoms with Crippen LogP contribution in [-0.2, 0) is 9.53 Å². The Kier molecular flexibility index (Phi) is 4.77. The number of carbonyl (C=O) groups excluding carboxylic acids is 1. The Balaban J connectivity index is 2.70. The van der Waals surface area contributed by atoms with Gasteiger partial charge >= 0.3 is 5.97 Å². The molecule has 0 N–H and O–H groups in total. The van der Waals surface area contributed by atoms with Gasteiger partial charge in [-0.05, 0) is 31.7 Å². The number of hydrogen-bond acceptors (Lipinski definition) is 3. The van der Waals surface area contributed by atoms with Gasteiger partial charge in [0, 0.05) is 11.1 Å². The molecule has 0 bridgehead atoms. The van der Waals surface area contributed by atoms with Crippen LogP contribution in [0.2, 0.25) is 5.02 Å². The summed E-state index contributed by atoms with van der Waals surface area (Å²) in [5, 5.41) is 0.704. The number of rotatable bonds is 4. The number of ether oxygens (including phenoxy) is 1. The third-order valence-electron chi connectivity index (χ3n) is 2.60. The molecule has 88 valence electrons. The maximum absolute atomic E-state index is 11.1. The molecule has 0 aliphatic rings. The van der Waals surface area contributed by atoms with Crippen molar-refractivity contribution in [2.75, 3.05) is 20.7 Å². The minimum atomic E-state index is -0.239. The molecule has 0 aliphatic heterocycles. The molecule has 1 aromatic carbocycles. The van der Waals surface area contributed by atoms with Crippen LogP contribution < -0.4 is 0 Å². The van der Waals surface area contributed by atoms with Gasteiger partial charge in [-0.25, -0.2) is 0 Å². The molecule has 0 fully saturated rings. The van der Waals surface area contributed by atoms with E-state index in [-0.39, 0.29) is 18.6 Å². The zero-order chi connectivity index (χ0) is 12.1. The fraction of sp³-hybridized carbons (Fsp3) is 0.417. The van der Waals surface area contributed by atoms with Crippen molar-refractivity contribution < 1.29 is 9.53 Å². The number of likely N-dealkylation sites (N-methyl/N-ethyl adjacent to an activating group) is 1. The average Bonchev–Trinajstić information content (AvgIpc) is 2.27. The van der Waals surface area contributed by atoms with Gasteiger partial charge in [-0.15, -0.1) is 0 Å². The molecule has 1 rings (SSSR count). The third kappa shape index (κ3) is 3.51. The number of esters is 1. The summed E-state index contributed by atoms with van der Waals surface area (Å²) in [5.41, 5.74) is 1.08. The summed E-state index contributed by atoms with van der Waals surface area (Å²) in [4.78, 5) is 13.0. The smallest absolute Gasteiger partial charge is 0.319 e. The van der Waals surface area contributed by atoms with E-state index >= 15 is 0 Å². The van der Waals surface area contributed by atoms with Crippen LogP contribution in [0.15, 0.2) is 24.3 Å². The highest BCUT2D eigenvalue weighted by molar-refractivity contribution is 6.30. The van der Waals surface area contributed by atoms with Crippen molar-refractivity contribution in [1.29, 1.82) is 0 Å². The number of benzene rings is 1. The Hall–Kier alpha value is -1.06. The first-order valence-electron chi connectivity index (χ1n) is 5.07. The molecule has 0 heterocycles. The fourth-order valence-electron chi connectivity index (χ4n) is 1.43. The molecular formula is C12H16ClNO2. The number of nitrogens with zero attached hydrogens (tertiary/aromatic N) is 1. The Labute approximate surface area is 101 Å². The van der Waals surface area contributed by atoms with E-state index in [9.17, 15) is 4.79 Å². The average molecular weight is 242 g/mol. The molecule has 0 saturated heterocycles. The summed E-state index contributed by atoms with van der Waals surface area (Å²) in [5.74, 6) is -0.239. The van der Waals surface area contributed by atoms with Crippen molar-refractivity contribution in [1.82, 2.24) is 4.90 Å². The van der Waals surface area contributed by atoms with Gasteiger partial charge in [0.2, 0.25) is 0 Å². The summed E-state index contributed by atoms with van der Waals surface area (Å²) >= 11 is 5.92. The van der Waals surface area contributed by atoms with E-state index in [2.05, 4.69) is 4.74 Å². The summed E-state index contributed by atoms with van der Waals surface area (Å²) in [6, 6.07) is 7.75. The van der Waals surface area contributed by atoms with E-state index in [0.29, 0.717) is 5.02 Å². The van der Waals surface area contributed by atoms with E-state index in [0.717, 1.165) is 5.56 Å². The SMILES string of the molecule is COC(=O)CN(C)C(C)c1cccc(Cl)c1. The number of carbonyl (C=O) groups is 1. The highest BCUT2D eigenvalue weighted by Crippen LogP contribution is 2.21. The standard InChI is InChI=1S/C12H16ClNO2/c1-9(14(2)8-12(15)16-3)10-5-4-6-11(13)7-10/h4-7,9H,8H2,1-3H3. The van der Waals surface area contributed by atoms with Gasteiger partial charge in [-0.3, -0.25) is 9.69 Å². The van der Waals surface area contributed by atoms with Crippen LogP contribution in [0.25, 0.3) is 0 Å². The molecule has 1 aromatic rings. The fourth-order valence-corrected chi connectivity index (χ4v) is 1.62. The van der Waals surface area contributed by atoms with Crippen LogP contribution in [-0.4, -0.2) is 31.6 Å². The summed E-state index contributed by atoms with van der Waals surface area (Å²) in [6.07, 6.45) is 0. The van der Waals surface area contributed by atoms with Crippen LogP contribution >= 0.6 is 11.6 Å². The first-order chi connectivity index (χ1) is 7.54. The van der Waals surface area contributed by atoms with Crippen LogP contribution in [0.1, 0.15) is 18.5 Å². The van der Waals surface area contributed by atoms with E-state index in [1.165, 1.54) is 7.11 Å². The van der Waals surface area contributed by atoms with Crippen molar-refractivity contribution in [2.45, 2.75) is 13.0 Å². The van der Waals surface area contributed by atoms with Crippen molar-refractivity contribution in [2.24, 2.45) is 0 Å². The maximum Gasteiger partial charge on any atom is 0.319 e. The van der Waals surface area contributed by atoms with Gasteiger partial charge in [0.15, 0.2) is 0 Å². The lowest BCUT2D eigenvalue weighted by Gasteiger charge is -2.23. The quantitative estimate of drug-likeness (QED) is 0.759. The number of halogens is 1. The van der Waals surface area contributed by atoms with Gasteiger partial charge < -0.3 is 4.74 Å². The molecular weight excluding hydrogens is 226 g/mol. The van der Waals surface area contributed by atoms with E-state index in [1.54, 1.807) is 0 Å². The first kappa shape index (κ1) is 13.0. The Morgan fingerprint density at radius 2 is 2.25 bits per heavy atom. The van der Waals surface area contributed by atoms with E-state index < -0.39 is 0 Å². The molecule has 3 nitrogen and oxygen atoms in total. The van der Waals surface area contributed by atoms with E-state index in [4.69, 9.17) is 11.6 Å². The third-order valence-corrected chi connectivity index (χ3v) is 2.83. The molecule has 0 aliphatic carbocycles. The molecule has 16 heavy (non-hydrogen) atoms. The van der Waals surface area contributed by atoms with Crippen molar-refractivity contribution in [3.63, 3.8) is 0 Å². The second-order valence-electron chi connectivity index (χ2n) is 3.72. The van der Waals surface area contributed by atoms with Crippen molar-refractivity contribution >= 4 is 17.6 Å². The second kappa shape index (κ2) is 5.87. The minimum absolute atomic E-state index is 0.123. The highest BCUT2D eigenvalue weighted by atomic mass is 35.5. The maximum atomic E-state index is 11.1. The zero-order valence-electron chi connectivity index (χ0n) is 9.74. The van der Waals surface area contributed by atoms with Crippen LogP contribution in [0.5, 0.6) is 0 Å². The molecule has 0 radical (unpaired) electrons. The predicted molar refractivity (Wildman–Crippen MR) is 64.5 cm³/mol. The van der Waals surface area contributed by atoms with Gasteiger partial charge in [0.25, 0.3) is 0 Å². The lowest BCUT2D eigenvalue weighted by molar-refractivity contribution is -0.142. The Bertz CT molecular complexity index is 368. The van der Waals surface area contributed by atoms with Crippen LogP contribution in [0, 0.1) is 0 Å². The molecule has 4 heteroatoms. The number of methoxy groups -OCH3 is 1. The van der Waals surface area contributed by atoms with Crippen molar-refractivity contribution in [3.8, 4) is 0 Å². The molecule has 0 spiro atoms. The van der Waals surface area contributed by atoms with Gasteiger partial charge in [0.1, 0.15) is 0 Å². The summed E-state index contributed by atoms with van der Waals surface area (Å²) < 4.78 is 4.62. The monoisotopic (exact) mass is 241 g/mol. The van der Waals surface area contributed by atoms with Crippen molar-refractivity contribution in [3.05, 3.63) is 34.9 Å². The zero-order valence-corrected chi connectivity index (χ0v) is 10.5. The lowest BCUT2D eigenvalue weighted by atomic mass is 10.1. The lowest BCUT2D eigenvalue weighted by Crippen LogP contribution is -2.29. The van der Waals surface area contributed by atoms with E-state index in [1.807, 2.05) is 43.1 Å². The predicted octanol–water partition coefficient (Wildman–Crippen LogP) is 2.51. The largest absolute Gasteiger partial charge is 0.468 e. The normalized spacial score (nSPS) is 12.6.